The van der Waals surface area contributed by atoms with Crippen LogP contribution in [-0.2, 0) is 0 Å². The molecule has 0 bridgehead atoms. The van der Waals surface area contributed by atoms with E-state index in [1.54, 1.807) is 0 Å². The Labute approximate surface area is 126 Å². The highest BCUT2D eigenvalue weighted by atomic mass is 16.5. The van der Waals surface area contributed by atoms with Gasteiger partial charge in [0.1, 0.15) is 0 Å². The second-order valence-corrected chi connectivity index (χ2v) is 5.86. The summed E-state index contributed by atoms with van der Waals surface area (Å²) in [5, 5.41) is 3.40. The molecule has 0 aromatic carbocycles. The van der Waals surface area contributed by atoms with Crippen LogP contribution in [0.3, 0.4) is 0 Å². The molecule has 2 atom stereocenters. The first-order valence-corrected chi connectivity index (χ1v) is 7.76. The summed E-state index contributed by atoms with van der Waals surface area (Å²) < 4.78 is 5.53. The van der Waals surface area contributed by atoms with Gasteiger partial charge >= 0.3 is 6.01 Å². The highest BCUT2D eigenvalue weighted by Gasteiger charge is 2.21. The molecule has 7 nitrogen and oxygen atoms in total. The topological polar surface area (TPSA) is 98.0 Å². The number of nitrogen functional groups attached to an aromatic ring is 1. The molecule has 2 rings (SSSR count). The number of nitrogens with two attached hydrogens (primary N) is 1. The molecular formula is C14H26N6O. The Morgan fingerprint density at radius 2 is 2.00 bits per heavy atom. The first-order valence-electron chi connectivity index (χ1n) is 7.76. The van der Waals surface area contributed by atoms with Gasteiger partial charge < -0.3 is 10.1 Å². The summed E-state index contributed by atoms with van der Waals surface area (Å²) in [6, 6.07) is 0.696. The van der Waals surface area contributed by atoms with E-state index >= 15 is 0 Å². The second kappa shape index (κ2) is 7.40. The number of hydrazine groups is 1. The predicted octanol–water partition coefficient (Wildman–Crippen LogP) is 2.33. The molecule has 0 aliphatic heterocycles. The molecule has 1 aliphatic rings. The number of hydrogen-bond donors (Lipinski definition) is 3. The molecule has 0 spiro atoms. The SMILES string of the molecule is CCC1CCCC(Nc2nc(NN)nc(OC(C)C)n2)C1. The van der Waals surface area contributed by atoms with E-state index in [0.717, 1.165) is 18.8 Å². The van der Waals surface area contributed by atoms with Gasteiger partial charge in [-0.2, -0.15) is 15.0 Å². The van der Waals surface area contributed by atoms with E-state index in [1.165, 1.54) is 19.3 Å². The van der Waals surface area contributed by atoms with Crippen LogP contribution in [-0.4, -0.2) is 27.1 Å². The van der Waals surface area contributed by atoms with Crippen molar-refractivity contribution in [2.75, 3.05) is 10.7 Å². The Hall–Kier alpha value is -1.63. The van der Waals surface area contributed by atoms with Crippen LogP contribution < -0.4 is 21.3 Å². The Morgan fingerprint density at radius 3 is 2.67 bits per heavy atom. The Morgan fingerprint density at radius 1 is 1.24 bits per heavy atom. The molecule has 0 saturated heterocycles. The molecule has 2 unspecified atom stereocenters. The normalized spacial score (nSPS) is 22.1. The number of hydrogen-bond acceptors (Lipinski definition) is 7. The first kappa shape index (κ1) is 15.8. The molecule has 0 radical (unpaired) electrons. The third-order valence-electron chi connectivity index (χ3n) is 3.78. The molecule has 7 heteroatoms. The lowest BCUT2D eigenvalue weighted by Crippen LogP contribution is -2.28. The Kier molecular flexibility index (Phi) is 5.55. The number of ether oxygens (including phenoxy) is 1. The molecular weight excluding hydrogens is 268 g/mol. The molecule has 21 heavy (non-hydrogen) atoms. The number of rotatable bonds is 6. The first-order chi connectivity index (χ1) is 10.1. The van der Waals surface area contributed by atoms with Crippen molar-refractivity contribution in [2.24, 2.45) is 11.8 Å². The minimum Gasteiger partial charge on any atom is -0.461 e. The van der Waals surface area contributed by atoms with Crippen LogP contribution in [0, 0.1) is 5.92 Å². The summed E-state index contributed by atoms with van der Waals surface area (Å²) >= 11 is 0. The molecule has 4 N–H and O–H groups in total. The van der Waals surface area contributed by atoms with Gasteiger partial charge in [0, 0.05) is 6.04 Å². The molecule has 0 amide bonds. The summed E-state index contributed by atoms with van der Waals surface area (Å²) in [6.45, 7) is 6.11. The van der Waals surface area contributed by atoms with Gasteiger partial charge in [-0.1, -0.05) is 26.2 Å². The van der Waals surface area contributed by atoms with Gasteiger partial charge in [-0.15, -0.1) is 0 Å². The van der Waals surface area contributed by atoms with Crippen LogP contribution in [0.5, 0.6) is 6.01 Å². The summed E-state index contributed by atoms with van der Waals surface area (Å²) in [6.07, 6.45) is 6.11. The monoisotopic (exact) mass is 294 g/mol. The van der Waals surface area contributed by atoms with Crippen LogP contribution in [0.2, 0.25) is 0 Å². The molecule has 1 heterocycles. The van der Waals surface area contributed by atoms with Crippen molar-refractivity contribution in [3.8, 4) is 6.01 Å². The number of anilines is 2. The van der Waals surface area contributed by atoms with Gasteiger partial charge in [0.15, 0.2) is 0 Å². The van der Waals surface area contributed by atoms with E-state index in [1.807, 2.05) is 13.8 Å². The minimum absolute atomic E-state index is 0.00465. The average Bonchev–Trinajstić information content (AvgIpc) is 2.46. The summed E-state index contributed by atoms with van der Waals surface area (Å²) in [5.74, 6) is 7.03. The van der Waals surface area contributed by atoms with Crippen LogP contribution in [0.1, 0.15) is 52.9 Å². The van der Waals surface area contributed by atoms with Crippen molar-refractivity contribution in [3.63, 3.8) is 0 Å². The zero-order valence-electron chi connectivity index (χ0n) is 13.1. The molecule has 118 valence electrons. The van der Waals surface area contributed by atoms with E-state index in [9.17, 15) is 0 Å². The highest BCUT2D eigenvalue weighted by molar-refractivity contribution is 5.35. The van der Waals surface area contributed by atoms with Gasteiger partial charge in [-0.3, -0.25) is 5.43 Å². The predicted molar refractivity (Wildman–Crippen MR) is 83.1 cm³/mol. The van der Waals surface area contributed by atoms with Crippen LogP contribution >= 0.6 is 0 Å². The molecule has 1 saturated carbocycles. The van der Waals surface area contributed by atoms with Crippen LogP contribution in [0.15, 0.2) is 0 Å². The lowest BCUT2D eigenvalue weighted by Gasteiger charge is -2.29. The Balaban J connectivity index is 2.07. The summed E-state index contributed by atoms with van der Waals surface area (Å²) in [5.41, 5.74) is 2.46. The molecule has 1 fully saturated rings. The fourth-order valence-corrected chi connectivity index (χ4v) is 2.72. The van der Waals surface area contributed by atoms with E-state index in [2.05, 4.69) is 32.6 Å². The van der Waals surface area contributed by atoms with E-state index in [4.69, 9.17) is 10.6 Å². The average molecular weight is 294 g/mol. The van der Waals surface area contributed by atoms with Gasteiger partial charge in [-0.25, -0.2) is 5.84 Å². The summed E-state index contributed by atoms with van der Waals surface area (Å²) in [7, 11) is 0. The fraction of sp³-hybridized carbons (Fsp3) is 0.786. The largest absolute Gasteiger partial charge is 0.461 e. The van der Waals surface area contributed by atoms with Gasteiger partial charge in [0.05, 0.1) is 6.10 Å². The third kappa shape index (κ3) is 4.70. The molecule has 1 aliphatic carbocycles. The van der Waals surface area contributed by atoms with Crippen molar-refractivity contribution in [3.05, 3.63) is 0 Å². The third-order valence-corrected chi connectivity index (χ3v) is 3.78. The van der Waals surface area contributed by atoms with E-state index < -0.39 is 0 Å². The van der Waals surface area contributed by atoms with Crippen LogP contribution in [0.25, 0.3) is 0 Å². The maximum absolute atomic E-state index is 5.53. The van der Waals surface area contributed by atoms with E-state index in [0.29, 0.717) is 23.9 Å². The lowest BCUT2D eigenvalue weighted by atomic mass is 9.84. The highest BCUT2D eigenvalue weighted by Crippen LogP contribution is 2.28. The van der Waals surface area contributed by atoms with Crippen molar-refractivity contribution >= 4 is 11.9 Å². The number of aromatic nitrogens is 3. The maximum Gasteiger partial charge on any atom is 0.323 e. The Bertz CT molecular complexity index is 453. The smallest absolute Gasteiger partial charge is 0.323 e. The van der Waals surface area contributed by atoms with Crippen molar-refractivity contribution in [1.29, 1.82) is 0 Å². The quantitative estimate of drug-likeness (QED) is 0.547. The molecule has 1 aromatic rings. The van der Waals surface area contributed by atoms with Gasteiger partial charge in [-0.05, 0) is 32.6 Å². The number of nitrogens with one attached hydrogen (secondary N) is 2. The van der Waals surface area contributed by atoms with E-state index in [-0.39, 0.29) is 6.10 Å². The van der Waals surface area contributed by atoms with Crippen molar-refractivity contribution in [1.82, 2.24) is 15.0 Å². The zero-order valence-corrected chi connectivity index (χ0v) is 13.1. The molecule has 1 aromatic heterocycles. The standard InChI is InChI=1S/C14H26N6O/c1-4-10-6-5-7-11(8-10)16-12-17-13(20-15)19-14(18-12)21-9(2)3/h9-11H,4-8,15H2,1-3H3,(H2,16,17,18,19,20). The fourth-order valence-electron chi connectivity index (χ4n) is 2.72. The van der Waals surface area contributed by atoms with Gasteiger partial charge in [0.25, 0.3) is 0 Å². The van der Waals surface area contributed by atoms with Gasteiger partial charge in [0.2, 0.25) is 11.9 Å². The number of nitrogens with zero attached hydrogens (tertiary/aromatic N) is 3. The van der Waals surface area contributed by atoms with Crippen molar-refractivity contribution < 1.29 is 4.74 Å². The maximum atomic E-state index is 5.53. The van der Waals surface area contributed by atoms with Crippen LogP contribution in [0.4, 0.5) is 11.9 Å². The lowest BCUT2D eigenvalue weighted by molar-refractivity contribution is 0.222. The van der Waals surface area contributed by atoms with Crippen molar-refractivity contribution in [2.45, 2.75) is 65.0 Å². The minimum atomic E-state index is 0.00465. The second-order valence-electron chi connectivity index (χ2n) is 5.86. The summed E-state index contributed by atoms with van der Waals surface area (Å²) in [4.78, 5) is 12.7. The zero-order chi connectivity index (χ0) is 15.2.